The summed E-state index contributed by atoms with van der Waals surface area (Å²) in [6.07, 6.45) is 4.17. The molecule has 7 heteroatoms. The summed E-state index contributed by atoms with van der Waals surface area (Å²) in [6.45, 7) is 9.19. The molecule has 0 radical (unpaired) electrons. The number of ether oxygens (including phenoxy) is 1. The zero-order valence-corrected chi connectivity index (χ0v) is 17.6. The average molecular weight is 407 g/mol. The molecule has 0 fully saturated rings. The average Bonchev–Trinajstić information content (AvgIpc) is 3.44. The predicted molar refractivity (Wildman–Crippen MR) is 111 cm³/mol. The summed E-state index contributed by atoms with van der Waals surface area (Å²) in [6, 6.07) is 9.03. The van der Waals surface area contributed by atoms with E-state index in [0.717, 1.165) is 29.9 Å². The molecule has 0 saturated heterocycles. The van der Waals surface area contributed by atoms with Gasteiger partial charge in [-0.25, -0.2) is 4.79 Å². The van der Waals surface area contributed by atoms with Gasteiger partial charge in [-0.3, -0.25) is 0 Å². The zero-order valence-electron chi connectivity index (χ0n) is 17.6. The summed E-state index contributed by atoms with van der Waals surface area (Å²) >= 11 is 0. The summed E-state index contributed by atoms with van der Waals surface area (Å²) in [5, 5.41) is 13.3. The Balaban J connectivity index is 1.68. The number of hydrogen-bond donors (Lipinski definition) is 0. The monoisotopic (exact) mass is 407 g/mol. The molecule has 0 saturated carbocycles. The normalized spacial score (nSPS) is 11.7. The van der Waals surface area contributed by atoms with Crippen LogP contribution in [0.2, 0.25) is 0 Å². The number of carbonyl (C=O) groups is 1. The third-order valence-corrected chi connectivity index (χ3v) is 4.86. The van der Waals surface area contributed by atoms with E-state index >= 15 is 0 Å². The minimum atomic E-state index is -0.702. The maximum atomic E-state index is 12.4. The van der Waals surface area contributed by atoms with Crippen molar-refractivity contribution in [3.63, 3.8) is 0 Å². The quantitative estimate of drug-likeness (QED) is 0.295. The standard InChI is InChI=1S/C23H25N3O4/c1-15(2)7-8-26-16(3)10-18(17(26)4)11-19(13-24)23(27)29-14-20-12-22(30-25-20)21-6-5-9-28-21/h5-6,9-12,15H,7-8,14H2,1-4H3. The van der Waals surface area contributed by atoms with Gasteiger partial charge in [-0.05, 0) is 56.0 Å². The van der Waals surface area contributed by atoms with Crippen LogP contribution in [0, 0.1) is 31.1 Å². The van der Waals surface area contributed by atoms with E-state index in [9.17, 15) is 10.1 Å². The number of hydrogen-bond acceptors (Lipinski definition) is 6. The highest BCUT2D eigenvalue weighted by Gasteiger charge is 2.16. The van der Waals surface area contributed by atoms with E-state index in [4.69, 9.17) is 13.7 Å². The second-order valence-corrected chi connectivity index (χ2v) is 7.57. The molecule has 0 aliphatic rings. The summed E-state index contributed by atoms with van der Waals surface area (Å²) < 4.78 is 17.9. The Morgan fingerprint density at radius 1 is 1.33 bits per heavy atom. The molecule has 3 aromatic heterocycles. The van der Waals surface area contributed by atoms with Crippen LogP contribution in [-0.2, 0) is 22.7 Å². The lowest BCUT2D eigenvalue weighted by Gasteiger charge is -2.11. The largest absolute Gasteiger partial charge is 0.461 e. The first-order valence-electron chi connectivity index (χ1n) is 9.84. The Kier molecular flexibility index (Phi) is 6.58. The van der Waals surface area contributed by atoms with Gasteiger partial charge in [0.25, 0.3) is 0 Å². The van der Waals surface area contributed by atoms with Crippen LogP contribution in [0.5, 0.6) is 0 Å². The molecule has 7 nitrogen and oxygen atoms in total. The number of rotatable bonds is 8. The molecule has 0 aliphatic carbocycles. The highest BCUT2D eigenvalue weighted by molar-refractivity contribution is 5.98. The molecular weight excluding hydrogens is 382 g/mol. The molecule has 0 aliphatic heterocycles. The minimum absolute atomic E-state index is 0.0612. The first kappa shape index (κ1) is 21.2. The predicted octanol–water partition coefficient (Wildman–Crippen LogP) is 5.05. The highest BCUT2D eigenvalue weighted by atomic mass is 16.5. The molecule has 0 bridgehead atoms. The van der Waals surface area contributed by atoms with Gasteiger partial charge in [-0.15, -0.1) is 0 Å². The van der Waals surface area contributed by atoms with Crippen molar-refractivity contribution in [3.8, 4) is 17.6 Å². The van der Waals surface area contributed by atoms with Gasteiger partial charge in [0.05, 0.1) is 6.26 Å². The first-order valence-corrected chi connectivity index (χ1v) is 9.84. The molecule has 156 valence electrons. The van der Waals surface area contributed by atoms with E-state index in [1.54, 1.807) is 24.3 Å². The summed E-state index contributed by atoms with van der Waals surface area (Å²) in [4.78, 5) is 12.4. The number of carbonyl (C=O) groups excluding carboxylic acids is 1. The molecule has 3 heterocycles. The smallest absolute Gasteiger partial charge is 0.349 e. The third kappa shape index (κ3) is 4.90. The molecule has 0 amide bonds. The van der Waals surface area contributed by atoms with Crippen LogP contribution in [0.25, 0.3) is 17.6 Å². The Labute approximate surface area is 175 Å². The van der Waals surface area contributed by atoms with Crippen LogP contribution >= 0.6 is 0 Å². The maximum Gasteiger partial charge on any atom is 0.349 e. The molecular formula is C23H25N3O4. The number of aryl methyl sites for hydroxylation is 1. The van der Waals surface area contributed by atoms with Gasteiger partial charge >= 0.3 is 5.97 Å². The second-order valence-electron chi connectivity index (χ2n) is 7.57. The van der Waals surface area contributed by atoms with Crippen molar-refractivity contribution in [2.24, 2.45) is 5.92 Å². The number of nitriles is 1. The van der Waals surface area contributed by atoms with Crippen molar-refractivity contribution < 1.29 is 18.5 Å². The van der Waals surface area contributed by atoms with Crippen molar-refractivity contribution in [2.75, 3.05) is 0 Å². The van der Waals surface area contributed by atoms with Crippen molar-refractivity contribution in [2.45, 2.75) is 47.3 Å². The van der Waals surface area contributed by atoms with Gasteiger partial charge in [0, 0.05) is 24.0 Å². The van der Waals surface area contributed by atoms with Gasteiger partial charge in [0.2, 0.25) is 5.76 Å². The van der Waals surface area contributed by atoms with E-state index < -0.39 is 5.97 Å². The van der Waals surface area contributed by atoms with E-state index in [1.807, 2.05) is 26.0 Å². The molecule has 0 atom stereocenters. The lowest BCUT2D eigenvalue weighted by Crippen LogP contribution is -2.07. The Hall–Kier alpha value is -3.53. The first-order chi connectivity index (χ1) is 14.4. The van der Waals surface area contributed by atoms with Gasteiger partial charge in [-0.1, -0.05) is 19.0 Å². The van der Waals surface area contributed by atoms with Crippen molar-refractivity contribution in [1.82, 2.24) is 9.72 Å². The lowest BCUT2D eigenvalue weighted by molar-refractivity contribution is -0.139. The van der Waals surface area contributed by atoms with Gasteiger partial charge < -0.3 is 18.2 Å². The van der Waals surface area contributed by atoms with Gasteiger partial charge in [0.15, 0.2) is 5.76 Å². The number of aromatic nitrogens is 2. The van der Waals surface area contributed by atoms with Crippen molar-refractivity contribution >= 4 is 12.0 Å². The van der Waals surface area contributed by atoms with Crippen LogP contribution in [-0.4, -0.2) is 15.7 Å². The molecule has 3 rings (SSSR count). The Bertz CT molecular complexity index is 1080. The SMILES string of the molecule is Cc1cc(C=C(C#N)C(=O)OCc2cc(-c3ccco3)on2)c(C)n1CCC(C)C. The summed E-state index contributed by atoms with van der Waals surface area (Å²) in [7, 11) is 0. The Morgan fingerprint density at radius 3 is 2.80 bits per heavy atom. The topological polar surface area (TPSA) is 94.2 Å². The second kappa shape index (κ2) is 9.31. The van der Waals surface area contributed by atoms with Crippen LogP contribution < -0.4 is 0 Å². The molecule has 0 N–H and O–H groups in total. The molecule has 3 aromatic rings. The highest BCUT2D eigenvalue weighted by Crippen LogP contribution is 2.22. The van der Waals surface area contributed by atoms with Crippen LogP contribution in [0.3, 0.4) is 0 Å². The molecule has 0 spiro atoms. The van der Waals surface area contributed by atoms with Crippen molar-refractivity contribution in [1.29, 1.82) is 5.26 Å². The fraction of sp³-hybridized carbons (Fsp3) is 0.348. The van der Waals surface area contributed by atoms with Gasteiger partial charge in [0.1, 0.15) is 23.9 Å². The van der Waals surface area contributed by atoms with Crippen LogP contribution in [0.1, 0.15) is 42.9 Å². The molecule has 0 unspecified atom stereocenters. The minimum Gasteiger partial charge on any atom is -0.461 e. The number of nitrogens with zero attached hydrogens (tertiary/aromatic N) is 3. The summed E-state index contributed by atoms with van der Waals surface area (Å²) in [5.41, 5.74) is 3.32. The van der Waals surface area contributed by atoms with Gasteiger partial charge in [-0.2, -0.15) is 5.26 Å². The third-order valence-electron chi connectivity index (χ3n) is 4.86. The van der Waals surface area contributed by atoms with Crippen LogP contribution in [0.4, 0.5) is 0 Å². The summed E-state index contributed by atoms with van der Waals surface area (Å²) in [5.74, 6) is 0.869. The fourth-order valence-electron chi connectivity index (χ4n) is 3.13. The molecule has 30 heavy (non-hydrogen) atoms. The number of esters is 1. The maximum absolute atomic E-state index is 12.4. The van der Waals surface area contributed by atoms with E-state index in [1.165, 1.54) is 6.26 Å². The van der Waals surface area contributed by atoms with Crippen molar-refractivity contribution in [3.05, 3.63) is 58.7 Å². The lowest BCUT2D eigenvalue weighted by atomic mass is 10.1. The van der Waals surface area contributed by atoms with E-state index in [0.29, 0.717) is 23.1 Å². The number of furan rings is 1. The van der Waals surface area contributed by atoms with E-state index in [2.05, 4.69) is 23.6 Å². The van der Waals surface area contributed by atoms with E-state index in [-0.39, 0.29) is 12.2 Å². The zero-order chi connectivity index (χ0) is 21.7. The molecule has 0 aromatic carbocycles. The fourth-order valence-corrected chi connectivity index (χ4v) is 3.13. The Morgan fingerprint density at radius 2 is 2.13 bits per heavy atom. The van der Waals surface area contributed by atoms with Crippen LogP contribution in [0.15, 0.2) is 45.0 Å².